The fraction of sp³-hybridized carbons (Fsp3) is 0.609. The van der Waals surface area contributed by atoms with Crippen molar-refractivity contribution >= 4 is 22.5 Å². The van der Waals surface area contributed by atoms with Gasteiger partial charge in [-0.05, 0) is 49.8 Å². The number of piperidine rings is 1. The van der Waals surface area contributed by atoms with Gasteiger partial charge < -0.3 is 14.5 Å². The number of hydrogen-bond donors (Lipinski definition) is 0. The number of nitrogens with zero attached hydrogens (tertiary/aromatic N) is 5. The molecular weight excluding hydrogens is 378 g/mol. The van der Waals surface area contributed by atoms with Crippen LogP contribution in [0.5, 0.6) is 5.88 Å². The van der Waals surface area contributed by atoms with Crippen molar-refractivity contribution in [2.75, 3.05) is 51.2 Å². The van der Waals surface area contributed by atoms with Crippen LogP contribution in [0.1, 0.15) is 32.1 Å². The van der Waals surface area contributed by atoms with Crippen LogP contribution in [0, 0.1) is 5.92 Å². The second-order valence-corrected chi connectivity index (χ2v) is 9.02. The van der Waals surface area contributed by atoms with E-state index in [4.69, 9.17) is 4.74 Å². The molecule has 1 aromatic carbocycles. The van der Waals surface area contributed by atoms with Crippen molar-refractivity contribution in [3.8, 4) is 5.88 Å². The van der Waals surface area contributed by atoms with Crippen LogP contribution in [-0.2, 0) is 4.79 Å². The number of fused-ring (bicyclic) bond motifs is 1. The molecule has 2 aliphatic heterocycles. The summed E-state index contributed by atoms with van der Waals surface area (Å²) < 4.78 is 6.12. The highest BCUT2D eigenvalue weighted by atomic mass is 16.5. The number of ether oxygens (including phenoxy) is 1. The average molecular weight is 410 g/mol. The normalized spacial score (nSPS) is 23.6. The summed E-state index contributed by atoms with van der Waals surface area (Å²) in [6, 6.07) is 6.45. The van der Waals surface area contributed by atoms with Gasteiger partial charge in [0.25, 0.3) is 0 Å². The lowest BCUT2D eigenvalue weighted by molar-refractivity contribution is -0.133. The Kier molecular flexibility index (Phi) is 5.46. The quantitative estimate of drug-likeness (QED) is 0.756. The fourth-order valence-electron chi connectivity index (χ4n) is 4.76. The van der Waals surface area contributed by atoms with Gasteiger partial charge in [-0.25, -0.2) is 9.97 Å². The first-order valence-corrected chi connectivity index (χ1v) is 11.3. The van der Waals surface area contributed by atoms with Crippen LogP contribution in [0.25, 0.3) is 10.9 Å². The number of anilines is 1. The lowest BCUT2D eigenvalue weighted by Crippen LogP contribution is -2.49. The summed E-state index contributed by atoms with van der Waals surface area (Å²) in [5.74, 6) is 1.61. The Bertz CT molecular complexity index is 908. The summed E-state index contributed by atoms with van der Waals surface area (Å²) in [6.45, 7) is 6.13. The molecule has 160 valence electrons. The van der Waals surface area contributed by atoms with E-state index in [2.05, 4.69) is 38.0 Å². The second-order valence-electron chi connectivity index (χ2n) is 9.02. The van der Waals surface area contributed by atoms with Crippen molar-refractivity contribution in [2.45, 2.75) is 38.2 Å². The van der Waals surface area contributed by atoms with Crippen molar-refractivity contribution in [2.24, 2.45) is 5.92 Å². The molecule has 2 saturated heterocycles. The number of carbonyl (C=O) groups is 1. The van der Waals surface area contributed by atoms with Gasteiger partial charge in [0.1, 0.15) is 12.4 Å². The zero-order valence-electron chi connectivity index (χ0n) is 17.8. The topological polar surface area (TPSA) is 61.8 Å². The maximum absolute atomic E-state index is 11.7. The molecule has 1 amide bonds. The predicted molar refractivity (Wildman–Crippen MR) is 117 cm³/mol. The fourth-order valence-corrected chi connectivity index (χ4v) is 4.76. The lowest BCUT2D eigenvalue weighted by Gasteiger charge is -2.39. The molecule has 1 aromatic heterocycles. The van der Waals surface area contributed by atoms with E-state index in [1.165, 1.54) is 12.1 Å². The van der Waals surface area contributed by atoms with Gasteiger partial charge in [0.2, 0.25) is 11.8 Å². The van der Waals surface area contributed by atoms with Crippen LogP contribution >= 0.6 is 0 Å². The number of benzene rings is 1. The third-order valence-electron chi connectivity index (χ3n) is 6.89. The molecule has 0 radical (unpaired) electrons. The van der Waals surface area contributed by atoms with Gasteiger partial charge in [-0.1, -0.05) is 0 Å². The Balaban J connectivity index is 1.22. The van der Waals surface area contributed by atoms with E-state index >= 15 is 0 Å². The van der Waals surface area contributed by atoms with E-state index in [9.17, 15) is 4.79 Å². The van der Waals surface area contributed by atoms with Crippen LogP contribution < -0.4 is 9.64 Å². The van der Waals surface area contributed by atoms with Gasteiger partial charge >= 0.3 is 0 Å². The number of rotatable bonds is 5. The second kappa shape index (κ2) is 8.38. The Hall–Kier alpha value is -2.41. The third-order valence-corrected chi connectivity index (χ3v) is 6.89. The first kappa shape index (κ1) is 19.5. The zero-order chi connectivity index (χ0) is 20.5. The predicted octanol–water partition coefficient (Wildman–Crippen LogP) is 2.55. The molecule has 0 N–H and O–H groups in total. The van der Waals surface area contributed by atoms with Gasteiger partial charge in [-0.2, -0.15) is 0 Å². The van der Waals surface area contributed by atoms with Crippen molar-refractivity contribution < 1.29 is 9.53 Å². The summed E-state index contributed by atoms with van der Waals surface area (Å²) in [6.07, 6.45) is 7.13. The van der Waals surface area contributed by atoms with Crippen molar-refractivity contribution in [1.82, 2.24) is 19.8 Å². The first-order valence-electron chi connectivity index (χ1n) is 11.3. The molecule has 1 aliphatic carbocycles. The summed E-state index contributed by atoms with van der Waals surface area (Å²) in [7, 11) is 1.93. The van der Waals surface area contributed by atoms with E-state index < -0.39 is 0 Å². The monoisotopic (exact) mass is 409 g/mol. The molecule has 30 heavy (non-hydrogen) atoms. The minimum absolute atomic E-state index is 0.289. The van der Waals surface area contributed by atoms with Gasteiger partial charge in [-0.15, -0.1) is 0 Å². The zero-order valence-corrected chi connectivity index (χ0v) is 17.8. The molecule has 0 spiro atoms. The maximum atomic E-state index is 11.7. The Labute approximate surface area is 178 Å². The number of hydrogen-bond acceptors (Lipinski definition) is 6. The molecule has 1 atom stereocenters. The highest BCUT2D eigenvalue weighted by Crippen LogP contribution is 2.31. The van der Waals surface area contributed by atoms with Crippen LogP contribution in [0.3, 0.4) is 0 Å². The van der Waals surface area contributed by atoms with Gasteiger partial charge in [0.05, 0.1) is 10.9 Å². The Morgan fingerprint density at radius 2 is 1.93 bits per heavy atom. The van der Waals surface area contributed by atoms with Gasteiger partial charge in [-0.3, -0.25) is 9.69 Å². The van der Waals surface area contributed by atoms with Crippen LogP contribution in [0.2, 0.25) is 0 Å². The first-order chi connectivity index (χ1) is 14.7. The summed E-state index contributed by atoms with van der Waals surface area (Å²) in [4.78, 5) is 27.5. The molecule has 5 rings (SSSR count). The number of amides is 1. The molecular formula is C23H31N5O2. The van der Waals surface area contributed by atoms with Crippen molar-refractivity contribution in [3.63, 3.8) is 0 Å². The number of carbonyl (C=O) groups excluding carboxylic acids is 1. The summed E-state index contributed by atoms with van der Waals surface area (Å²) in [5, 5.41) is 1.01. The van der Waals surface area contributed by atoms with E-state index in [0.717, 1.165) is 75.3 Å². The van der Waals surface area contributed by atoms with Crippen molar-refractivity contribution in [1.29, 1.82) is 0 Å². The van der Waals surface area contributed by atoms with E-state index in [1.807, 2.05) is 11.9 Å². The van der Waals surface area contributed by atoms with Crippen LogP contribution in [0.4, 0.5) is 5.69 Å². The van der Waals surface area contributed by atoms with Gasteiger partial charge in [0.15, 0.2) is 0 Å². The smallest absolute Gasteiger partial charge is 0.224 e. The standard InChI is InChI=1S/C23H31N5O2/c1-26-14-17(5-8-22(26)29)15-27-9-11-28(12-10-27)18-6-7-21-20(13-18)23(25-16-24-21)30-19-3-2-4-19/h6-7,13,16-17,19H,2-5,8-12,14-15H2,1H3. The molecule has 3 heterocycles. The Morgan fingerprint density at radius 1 is 1.10 bits per heavy atom. The van der Waals surface area contributed by atoms with E-state index in [-0.39, 0.29) is 5.91 Å². The highest BCUT2D eigenvalue weighted by molar-refractivity contribution is 5.86. The van der Waals surface area contributed by atoms with Crippen LogP contribution in [0.15, 0.2) is 24.5 Å². The lowest BCUT2D eigenvalue weighted by atomic mass is 9.96. The van der Waals surface area contributed by atoms with E-state index in [1.54, 1.807) is 6.33 Å². The van der Waals surface area contributed by atoms with Crippen LogP contribution in [-0.4, -0.2) is 78.1 Å². The molecule has 0 bridgehead atoms. The SMILES string of the molecule is CN1CC(CN2CCN(c3ccc4ncnc(OC5CCC5)c4c3)CC2)CCC1=O. The Morgan fingerprint density at radius 3 is 2.67 bits per heavy atom. The molecule has 3 fully saturated rings. The van der Waals surface area contributed by atoms with Gasteiger partial charge in [0, 0.05) is 58.4 Å². The minimum atomic E-state index is 0.289. The summed E-state index contributed by atoms with van der Waals surface area (Å²) >= 11 is 0. The highest BCUT2D eigenvalue weighted by Gasteiger charge is 2.26. The third kappa shape index (κ3) is 4.08. The number of piperazine rings is 1. The molecule has 7 nitrogen and oxygen atoms in total. The minimum Gasteiger partial charge on any atom is -0.474 e. The summed E-state index contributed by atoms with van der Waals surface area (Å²) in [5.41, 5.74) is 2.16. The molecule has 1 saturated carbocycles. The van der Waals surface area contributed by atoms with E-state index in [0.29, 0.717) is 18.4 Å². The molecule has 7 heteroatoms. The number of likely N-dealkylation sites (tertiary alicyclic amines) is 1. The number of aromatic nitrogens is 2. The maximum Gasteiger partial charge on any atom is 0.224 e. The average Bonchev–Trinajstić information content (AvgIpc) is 2.74. The largest absolute Gasteiger partial charge is 0.474 e. The van der Waals surface area contributed by atoms with Crippen molar-refractivity contribution in [3.05, 3.63) is 24.5 Å². The molecule has 2 aromatic rings. The molecule has 3 aliphatic rings. The molecule has 1 unspecified atom stereocenters.